The van der Waals surface area contributed by atoms with Gasteiger partial charge in [0.1, 0.15) is 17.2 Å². The minimum atomic E-state index is -0.538. The van der Waals surface area contributed by atoms with Crippen molar-refractivity contribution in [1.29, 1.82) is 0 Å². The lowest BCUT2D eigenvalue weighted by Gasteiger charge is -2.12. The van der Waals surface area contributed by atoms with E-state index in [2.05, 4.69) is 11.5 Å². The van der Waals surface area contributed by atoms with E-state index in [9.17, 15) is 9.59 Å². The summed E-state index contributed by atoms with van der Waals surface area (Å²) in [6.07, 6.45) is 4.71. The molecule has 1 atom stereocenters. The molecule has 0 spiro atoms. The molecule has 170 valence electrons. The highest BCUT2D eigenvalue weighted by Gasteiger charge is 2.32. The third kappa shape index (κ3) is 3.68. The summed E-state index contributed by atoms with van der Waals surface area (Å²) in [5, 5.41) is 0.971. The molecule has 0 radical (unpaired) electrons. The van der Waals surface area contributed by atoms with E-state index in [1.807, 2.05) is 24.4 Å². The van der Waals surface area contributed by atoms with Crippen LogP contribution in [0.4, 0.5) is 0 Å². The molecule has 1 fully saturated rings. The number of allylic oxidation sites excluding steroid dienone is 1. The van der Waals surface area contributed by atoms with Gasteiger partial charge in [-0.2, -0.15) is 0 Å². The molecule has 7 nitrogen and oxygen atoms in total. The lowest BCUT2D eigenvalue weighted by molar-refractivity contribution is -0.144. The van der Waals surface area contributed by atoms with Gasteiger partial charge in [-0.25, -0.2) is 4.79 Å². The Bertz CT molecular complexity index is 1300. The first kappa shape index (κ1) is 21.3. The van der Waals surface area contributed by atoms with Crippen LogP contribution in [0.5, 0.6) is 17.2 Å². The van der Waals surface area contributed by atoms with Crippen molar-refractivity contribution in [3.63, 3.8) is 0 Å². The first-order valence-electron chi connectivity index (χ1n) is 11.1. The van der Waals surface area contributed by atoms with Crippen LogP contribution >= 0.6 is 0 Å². The summed E-state index contributed by atoms with van der Waals surface area (Å²) in [6, 6.07) is 9.15. The molecule has 1 saturated heterocycles. The number of methoxy groups -OCH3 is 1. The van der Waals surface area contributed by atoms with E-state index >= 15 is 0 Å². The lowest BCUT2D eigenvalue weighted by atomic mass is 10.1. The van der Waals surface area contributed by atoms with Gasteiger partial charge in [0.05, 0.1) is 12.7 Å². The van der Waals surface area contributed by atoms with Crippen molar-refractivity contribution >= 4 is 28.7 Å². The Morgan fingerprint density at radius 3 is 2.85 bits per heavy atom. The number of rotatable bonds is 5. The van der Waals surface area contributed by atoms with Crippen LogP contribution in [-0.2, 0) is 16.1 Å². The average Bonchev–Trinajstić information content (AvgIpc) is 3.55. The molecule has 33 heavy (non-hydrogen) atoms. The second-order valence-corrected chi connectivity index (χ2v) is 8.18. The van der Waals surface area contributed by atoms with Crippen LogP contribution in [0.2, 0.25) is 0 Å². The summed E-state index contributed by atoms with van der Waals surface area (Å²) < 4.78 is 24.4. The van der Waals surface area contributed by atoms with Gasteiger partial charge in [-0.3, -0.25) is 4.79 Å². The Hall–Kier alpha value is -3.58. The summed E-state index contributed by atoms with van der Waals surface area (Å²) in [5.41, 5.74) is 2.97. The minimum absolute atomic E-state index is 0.203. The number of hydrogen-bond acceptors (Lipinski definition) is 6. The maximum absolute atomic E-state index is 13.1. The molecule has 0 bridgehead atoms. The highest BCUT2D eigenvalue weighted by atomic mass is 16.6. The molecule has 1 unspecified atom stereocenters. The number of aryl methyl sites for hydroxylation is 1. The maximum atomic E-state index is 13.1. The van der Waals surface area contributed by atoms with E-state index in [0.29, 0.717) is 35.7 Å². The number of ketones is 1. The van der Waals surface area contributed by atoms with Gasteiger partial charge in [-0.15, -0.1) is 0 Å². The van der Waals surface area contributed by atoms with E-state index in [1.54, 1.807) is 32.2 Å². The number of ether oxygens (including phenoxy) is 4. The van der Waals surface area contributed by atoms with Crippen molar-refractivity contribution in [2.45, 2.75) is 39.3 Å². The zero-order valence-corrected chi connectivity index (χ0v) is 18.8. The first-order chi connectivity index (χ1) is 16.0. The van der Waals surface area contributed by atoms with Gasteiger partial charge in [-0.1, -0.05) is 0 Å². The second kappa shape index (κ2) is 8.41. The predicted molar refractivity (Wildman–Crippen MR) is 123 cm³/mol. The Morgan fingerprint density at radius 1 is 1.27 bits per heavy atom. The maximum Gasteiger partial charge on any atom is 0.340 e. The van der Waals surface area contributed by atoms with Crippen molar-refractivity contribution in [2.24, 2.45) is 0 Å². The van der Waals surface area contributed by atoms with Gasteiger partial charge < -0.3 is 23.5 Å². The summed E-state index contributed by atoms with van der Waals surface area (Å²) >= 11 is 0. The Balaban J connectivity index is 1.47. The fourth-order valence-electron chi connectivity index (χ4n) is 4.36. The molecule has 5 rings (SSSR count). The smallest absolute Gasteiger partial charge is 0.340 e. The lowest BCUT2D eigenvalue weighted by Crippen LogP contribution is -2.25. The molecule has 2 aliphatic rings. The molecule has 3 aromatic rings. The van der Waals surface area contributed by atoms with Gasteiger partial charge in [0.25, 0.3) is 0 Å². The summed E-state index contributed by atoms with van der Waals surface area (Å²) in [5.74, 6) is 1.14. The SMILES string of the molecule is CCn1cc(/C=C2\Oc3c(ccc(OC(=O)C4CCCO4)c3C)C2=O)c2cc(OC)ccc21. The number of aromatic nitrogens is 1. The van der Waals surface area contributed by atoms with Crippen LogP contribution in [0.1, 0.15) is 41.3 Å². The largest absolute Gasteiger partial charge is 0.497 e. The van der Waals surface area contributed by atoms with Crippen LogP contribution in [0.15, 0.2) is 42.3 Å². The normalized spacial score (nSPS) is 18.6. The zero-order chi connectivity index (χ0) is 23.1. The fourth-order valence-corrected chi connectivity index (χ4v) is 4.36. The molecule has 1 aromatic heterocycles. The monoisotopic (exact) mass is 447 g/mol. The number of fused-ring (bicyclic) bond motifs is 2. The number of benzene rings is 2. The van der Waals surface area contributed by atoms with Gasteiger partial charge in [-0.05, 0) is 63.1 Å². The summed E-state index contributed by atoms with van der Waals surface area (Å²) in [7, 11) is 1.63. The van der Waals surface area contributed by atoms with Gasteiger partial charge in [0, 0.05) is 41.4 Å². The van der Waals surface area contributed by atoms with Crippen LogP contribution in [0.25, 0.3) is 17.0 Å². The van der Waals surface area contributed by atoms with E-state index < -0.39 is 12.1 Å². The number of esters is 1. The van der Waals surface area contributed by atoms with Gasteiger partial charge in [0.2, 0.25) is 5.78 Å². The van der Waals surface area contributed by atoms with Gasteiger partial charge >= 0.3 is 5.97 Å². The standard InChI is InChI=1S/C26H25NO6/c1-4-27-14-16(19-13-17(30-3)7-9-20(19)27)12-23-24(28)18-8-10-21(15(2)25(18)32-23)33-26(29)22-6-5-11-31-22/h7-10,12-14,22H,4-6,11H2,1-3H3/b23-12-. The highest BCUT2D eigenvalue weighted by Crippen LogP contribution is 2.40. The quantitative estimate of drug-likeness (QED) is 0.321. The zero-order valence-electron chi connectivity index (χ0n) is 18.8. The van der Waals surface area contributed by atoms with E-state index in [0.717, 1.165) is 35.2 Å². The van der Waals surface area contributed by atoms with Crippen LogP contribution in [0, 0.1) is 6.92 Å². The third-order valence-electron chi connectivity index (χ3n) is 6.19. The number of carbonyl (C=O) groups is 2. The second-order valence-electron chi connectivity index (χ2n) is 8.18. The topological polar surface area (TPSA) is 76.0 Å². The highest BCUT2D eigenvalue weighted by molar-refractivity contribution is 6.15. The first-order valence-corrected chi connectivity index (χ1v) is 11.1. The molecule has 7 heteroatoms. The molecule has 2 aromatic carbocycles. The summed E-state index contributed by atoms with van der Waals surface area (Å²) in [4.78, 5) is 25.4. The molecular weight excluding hydrogens is 422 g/mol. The minimum Gasteiger partial charge on any atom is -0.497 e. The van der Waals surface area contributed by atoms with Crippen molar-refractivity contribution in [3.05, 3.63) is 59.0 Å². The molecule has 0 N–H and O–H groups in total. The van der Waals surface area contributed by atoms with Gasteiger partial charge in [0.15, 0.2) is 11.9 Å². The van der Waals surface area contributed by atoms with Crippen molar-refractivity contribution in [1.82, 2.24) is 4.57 Å². The summed E-state index contributed by atoms with van der Waals surface area (Å²) in [6.45, 7) is 5.20. The van der Waals surface area contributed by atoms with Crippen LogP contribution < -0.4 is 14.2 Å². The predicted octanol–water partition coefficient (Wildman–Crippen LogP) is 4.68. The molecule has 2 aliphatic heterocycles. The number of hydrogen-bond donors (Lipinski definition) is 0. The number of Topliss-reactive ketones (excluding diaryl/α,β-unsaturated/α-hetero) is 1. The number of carbonyl (C=O) groups excluding carboxylic acids is 2. The van der Waals surface area contributed by atoms with Crippen molar-refractivity contribution in [2.75, 3.05) is 13.7 Å². The Kier molecular flexibility index (Phi) is 5.42. The van der Waals surface area contributed by atoms with Crippen molar-refractivity contribution in [3.8, 4) is 17.2 Å². The Morgan fingerprint density at radius 2 is 2.12 bits per heavy atom. The molecule has 0 saturated carbocycles. The molecule has 0 amide bonds. The molecular formula is C26H25NO6. The van der Waals surface area contributed by atoms with E-state index in [1.165, 1.54) is 0 Å². The third-order valence-corrected chi connectivity index (χ3v) is 6.19. The van der Waals surface area contributed by atoms with Crippen molar-refractivity contribution < 1.29 is 28.5 Å². The fraction of sp³-hybridized carbons (Fsp3) is 0.308. The van der Waals surface area contributed by atoms with Crippen LogP contribution in [0.3, 0.4) is 0 Å². The van der Waals surface area contributed by atoms with Crippen LogP contribution in [-0.4, -0.2) is 36.1 Å². The van der Waals surface area contributed by atoms with E-state index in [4.69, 9.17) is 18.9 Å². The van der Waals surface area contributed by atoms with E-state index in [-0.39, 0.29) is 11.5 Å². The Labute approximate surface area is 191 Å². The number of nitrogens with zero attached hydrogens (tertiary/aromatic N) is 1. The average molecular weight is 447 g/mol. The molecule has 0 aliphatic carbocycles. The molecule has 3 heterocycles.